The van der Waals surface area contributed by atoms with E-state index < -0.39 is 7.12 Å². The summed E-state index contributed by atoms with van der Waals surface area (Å²) < 4.78 is 17.5. The van der Waals surface area contributed by atoms with Gasteiger partial charge in [0.25, 0.3) is 0 Å². The lowest BCUT2D eigenvalue weighted by Gasteiger charge is -2.32. The lowest BCUT2D eigenvalue weighted by atomic mass is 9.77. The molecule has 0 unspecified atom stereocenters. The average molecular weight is 329 g/mol. The Morgan fingerprint density at radius 3 is 2.54 bits per heavy atom. The Kier molecular flexibility index (Phi) is 4.19. The van der Waals surface area contributed by atoms with Crippen molar-refractivity contribution in [1.29, 1.82) is 0 Å². The largest absolute Gasteiger partial charge is 0.491 e. The highest BCUT2D eigenvalue weighted by atomic mass is 16.7. The number of fused-ring (bicyclic) bond motifs is 1. The summed E-state index contributed by atoms with van der Waals surface area (Å²) in [6, 6.07) is 5.79. The van der Waals surface area contributed by atoms with Gasteiger partial charge < -0.3 is 24.9 Å². The van der Waals surface area contributed by atoms with Crippen LogP contribution in [0.25, 0.3) is 17.0 Å². The molecule has 3 N–H and O–H groups in total. The molecule has 2 heterocycles. The highest BCUT2D eigenvalue weighted by Crippen LogP contribution is 2.38. The van der Waals surface area contributed by atoms with Crippen molar-refractivity contribution in [3.05, 3.63) is 29.2 Å². The van der Waals surface area contributed by atoms with E-state index in [2.05, 4.69) is 16.5 Å². The number of aromatic nitrogens is 1. The SMILES string of the molecule is CNCC(=Cc1ccc2onc(N)c2c1)B1OC(C)(C)C(C)(C)O1. The summed E-state index contributed by atoms with van der Waals surface area (Å²) in [5.74, 6) is 0.394. The first-order valence-corrected chi connectivity index (χ1v) is 8.09. The van der Waals surface area contributed by atoms with Crippen LogP contribution in [0.4, 0.5) is 5.82 Å². The Morgan fingerprint density at radius 2 is 1.92 bits per heavy atom. The number of anilines is 1. The number of hydrogen-bond acceptors (Lipinski definition) is 6. The fraction of sp³-hybridized carbons (Fsp3) is 0.471. The van der Waals surface area contributed by atoms with Gasteiger partial charge >= 0.3 is 7.12 Å². The molecule has 1 aromatic carbocycles. The summed E-state index contributed by atoms with van der Waals surface area (Å²) in [4.78, 5) is 0. The van der Waals surface area contributed by atoms with Gasteiger partial charge in [0.15, 0.2) is 11.4 Å². The lowest BCUT2D eigenvalue weighted by Crippen LogP contribution is -2.41. The Labute approximate surface area is 142 Å². The van der Waals surface area contributed by atoms with E-state index in [0.717, 1.165) is 16.4 Å². The van der Waals surface area contributed by atoms with E-state index in [-0.39, 0.29) is 11.2 Å². The van der Waals surface area contributed by atoms with Crippen LogP contribution in [0.3, 0.4) is 0 Å². The number of rotatable bonds is 4. The van der Waals surface area contributed by atoms with Crippen molar-refractivity contribution in [3.63, 3.8) is 0 Å². The van der Waals surface area contributed by atoms with Crippen molar-refractivity contribution in [3.8, 4) is 0 Å². The van der Waals surface area contributed by atoms with Crippen LogP contribution in [-0.2, 0) is 9.31 Å². The Bertz CT molecular complexity index is 766. The summed E-state index contributed by atoms with van der Waals surface area (Å²) in [7, 11) is 1.51. The average Bonchev–Trinajstić information content (AvgIpc) is 2.96. The summed E-state index contributed by atoms with van der Waals surface area (Å²) >= 11 is 0. The molecule has 3 rings (SSSR count). The molecule has 1 aliphatic heterocycles. The van der Waals surface area contributed by atoms with Crippen molar-refractivity contribution in [2.24, 2.45) is 0 Å². The lowest BCUT2D eigenvalue weighted by molar-refractivity contribution is 0.00578. The van der Waals surface area contributed by atoms with Gasteiger partial charge in [0.1, 0.15) is 0 Å². The van der Waals surface area contributed by atoms with Crippen LogP contribution in [0.15, 0.2) is 28.2 Å². The molecule has 0 bridgehead atoms. The van der Waals surface area contributed by atoms with Crippen LogP contribution >= 0.6 is 0 Å². The number of hydrogen-bond donors (Lipinski definition) is 2. The van der Waals surface area contributed by atoms with Gasteiger partial charge in [-0.25, -0.2) is 0 Å². The number of nitrogens with zero attached hydrogens (tertiary/aromatic N) is 1. The predicted molar refractivity (Wildman–Crippen MR) is 96.4 cm³/mol. The van der Waals surface area contributed by atoms with Crippen LogP contribution in [0, 0.1) is 0 Å². The molecular formula is C17H24BN3O3. The molecule has 1 saturated heterocycles. The zero-order chi connectivity index (χ0) is 17.5. The van der Waals surface area contributed by atoms with E-state index in [0.29, 0.717) is 17.9 Å². The summed E-state index contributed by atoms with van der Waals surface area (Å²) in [5, 5.41) is 7.77. The molecule has 128 valence electrons. The monoisotopic (exact) mass is 329 g/mol. The molecular weight excluding hydrogens is 305 g/mol. The molecule has 1 aromatic heterocycles. The van der Waals surface area contributed by atoms with E-state index in [1.807, 2.05) is 52.9 Å². The maximum Gasteiger partial charge on any atom is 0.491 e. The molecule has 0 saturated carbocycles. The molecule has 0 spiro atoms. The van der Waals surface area contributed by atoms with Gasteiger partial charge in [-0.05, 0) is 57.9 Å². The second-order valence-electron chi connectivity index (χ2n) is 7.16. The van der Waals surface area contributed by atoms with Crippen molar-refractivity contribution in [2.45, 2.75) is 38.9 Å². The van der Waals surface area contributed by atoms with Crippen molar-refractivity contribution >= 4 is 30.0 Å². The minimum Gasteiger partial charge on any atom is -0.400 e. The van der Waals surface area contributed by atoms with E-state index in [9.17, 15) is 0 Å². The van der Waals surface area contributed by atoms with Crippen LogP contribution in [0.2, 0.25) is 0 Å². The molecule has 0 atom stereocenters. The second-order valence-corrected chi connectivity index (χ2v) is 7.16. The molecule has 0 amide bonds. The minimum absolute atomic E-state index is 0.368. The normalized spacial score (nSPS) is 20.0. The van der Waals surface area contributed by atoms with Gasteiger partial charge in [-0.15, -0.1) is 0 Å². The van der Waals surface area contributed by atoms with Crippen molar-refractivity contribution < 1.29 is 13.8 Å². The quantitative estimate of drug-likeness (QED) is 0.839. The Hall–Kier alpha value is -1.83. The first kappa shape index (κ1) is 17.0. The molecule has 24 heavy (non-hydrogen) atoms. The van der Waals surface area contributed by atoms with Gasteiger partial charge in [-0.1, -0.05) is 17.3 Å². The molecule has 7 heteroatoms. The summed E-state index contributed by atoms with van der Waals surface area (Å²) in [6.07, 6.45) is 2.06. The Balaban J connectivity index is 1.95. The zero-order valence-electron chi connectivity index (χ0n) is 14.8. The maximum atomic E-state index is 6.16. The van der Waals surface area contributed by atoms with E-state index in [4.69, 9.17) is 19.6 Å². The third-order valence-corrected chi connectivity index (χ3v) is 4.81. The molecule has 0 aliphatic carbocycles. The summed E-state index contributed by atoms with van der Waals surface area (Å²) in [5.41, 5.74) is 7.80. The first-order chi connectivity index (χ1) is 11.2. The fourth-order valence-electron chi connectivity index (χ4n) is 2.68. The number of nitrogen functional groups attached to an aromatic ring is 1. The second kappa shape index (κ2) is 5.91. The molecule has 6 nitrogen and oxygen atoms in total. The van der Waals surface area contributed by atoms with Gasteiger partial charge in [0, 0.05) is 6.54 Å². The third kappa shape index (κ3) is 2.95. The van der Waals surface area contributed by atoms with Crippen LogP contribution in [0.5, 0.6) is 0 Å². The fourth-order valence-corrected chi connectivity index (χ4v) is 2.68. The standard InChI is InChI=1S/C17H24BN3O3/c1-16(2)17(3,4)24-18(23-16)12(10-20-5)8-11-6-7-14-13(9-11)15(19)21-22-14/h6-9,20H,10H2,1-5H3,(H2,19,21). The number of nitrogens with one attached hydrogen (secondary N) is 1. The zero-order valence-corrected chi connectivity index (χ0v) is 14.8. The maximum absolute atomic E-state index is 6.16. The van der Waals surface area contributed by atoms with Crippen LogP contribution in [-0.4, -0.2) is 37.1 Å². The van der Waals surface area contributed by atoms with Crippen molar-refractivity contribution in [2.75, 3.05) is 19.3 Å². The molecule has 1 fully saturated rings. The van der Waals surface area contributed by atoms with Gasteiger partial charge in [-0.3, -0.25) is 0 Å². The number of likely N-dealkylation sites (N-methyl/N-ethyl adjacent to an activating group) is 1. The van der Waals surface area contributed by atoms with Gasteiger partial charge in [-0.2, -0.15) is 0 Å². The van der Waals surface area contributed by atoms with Gasteiger partial charge in [0.05, 0.1) is 16.6 Å². The summed E-state index contributed by atoms with van der Waals surface area (Å²) in [6.45, 7) is 8.86. The van der Waals surface area contributed by atoms with E-state index >= 15 is 0 Å². The Morgan fingerprint density at radius 1 is 1.25 bits per heavy atom. The number of nitrogens with two attached hydrogens (primary N) is 1. The highest BCUT2D eigenvalue weighted by molar-refractivity contribution is 6.55. The van der Waals surface area contributed by atoms with Crippen LogP contribution < -0.4 is 11.1 Å². The topological polar surface area (TPSA) is 82.5 Å². The molecule has 2 aromatic rings. The van der Waals surface area contributed by atoms with E-state index in [1.165, 1.54) is 0 Å². The van der Waals surface area contributed by atoms with E-state index in [1.54, 1.807) is 0 Å². The first-order valence-electron chi connectivity index (χ1n) is 8.09. The van der Waals surface area contributed by atoms with Crippen molar-refractivity contribution in [1.82, 2.24) is 10.5 Å². The van der Waals surface area contributed by atoms with Crippen LogP contribution in [0.1, 0.15) is 33.3 Å². The smallest absolute Gasteiger partial charge is 0.400 e. The molecule has 0 radical (unpaired) electrons. The predicted octanol–water partition coefficient (Wildman–Crippen LogP) is 2.64. The number of benzene rings is 1. The van der Waals surface area contributed by atoms with Gasteiger partial charge in [0.2, 0.25) is 0 Å². The molecule has 1 aliphatic rings. The highest BCUT2D eigenvalue weighted by Gasteiger charge is 2.52. The third-order valence-electron chi connectivity index (χ3n) is 4.81. The minimum atomic E-state index is -0.391.